The number of rotatable bonds is 4. The zero-order chi connectivity index (χ0) is 13.8. The molecule has 1 aromatic heterocycles. The number of benzene rings is 1. The van der Waals surface area contributed by atoms with Crippen molar-refractivity contribution in [2.24, 2.45) is 0 Å². The molecule has 0 aliphatic rings. The smallest absolute Gasteiger partial charge is 0.249 e. The van der Waals surface area contributed by atoms with Gasteiger partial charge >= 0.3 is 0 Å². The second-order valence-electron chi connectivity index (χ2n) is 4.76. The van der Waals surface area contributed by atoms with Crippen LogP contribution in [0.25, 0.3) is 0 Å². The van der Waals surface area contributed by atoms with Crippen molar-refractivity contribution in [3.05, 3.63) is 63.8 Å². The first-order chi connectivity index (χ1) is 9.04. The molecule has 0 amide bonds. The van der Waals surface area contributed by atoms with E-state index in [-0.39, 0.29) is 17.4 Å². The summed E-state index contributed by atoms with van der Waals surface area (Å²) in [6, 6.07) is 8.23. The molecule has 1 heterocycles. The lowest BCUT2D eigenvalue weighted by Gasteiger charge is -2.16. The van der Waals surface area contributed by atoms with Crippen LogP contribution < -0.4 is 10.9 Å². The molecular weight excluding hydrogens is 243 g/mol. The first kappa shape index (κ1) is 13.3. The molecule has 0 fully saturated rings. The summed E-state index contributed by atoms with van der Waals surface area (Å²) >= 11 is 0. The highest BCUT2D eigenvalue weighted by molar-refractivity contribution is 5.42. The molecule has 0 radical (unpaired) electrons. The number of hydrogen-bond donors (Lipinski definition) is 2. The zero-order valence-corrected chi connectivity index (χ0v) is 11.0. The van der Waals surface area contributed by atoms with Crippen LogP contribution >= 0.6 is 0 Å². The van der Waals surface area contributed by atoms with E-state index in [2.05, 4.69) is 10.3 Å². The average molecular weight is 260 g/mol. The Morgan fingerprint density at radius 2 is 2.11 bits per heavy atom. The first-order valence-electron chi connectivity index (χ1n) is 6.25. The van der Waals surface area contributed by atoms with Gasteiger partial charge in [-0.25, -0.2) is 4.39 Å². The van der Waals surface area contributed by atoms with Gasteiger partial charge in [0.05, 0.1) is 0 Å². The zero-order valence-electron chi connectivity index (χ0n) is 11.0. The van der Waals surface area contributed by atoms with Crippen LogP contribution in [0.4, 0.5) is 10.1 Å². The third-order valence-corrected chi connectivity index (χ3v) is 3.03. The molecule has 3 nitrogen and oxygen atoms in total. The molecule has 19 heavy (non-hydrogen) atoms. The lowest BCUT2D eigenvalue weighted by molar-refractivity contribution is 0.623. The molecule has 2 N–H and O–H groups in total. The van der Waals surface area contributed by atoms with E-state index in [1.807, 2.05) is 13.8 Å². The normalized spacial score (nSPS) is 12.2. The van der Waals surface area contributed by atoms with E-state index in [9.17, 15) is 9.18 Å². The molecule has 0 spiro atoms. The molecule has 0 saturated heterocycles. The van der Waals surface area contributed by atoms with E-state index >= 15 is 0 Å². The van der Waals surface area contributed by atoms with Crippen molar-refractivity contribution in [3.8, 4) is 0 Å². The largest absolute Gasteiger partial charge is 0.382 e. The Kier molecular flexibility index (Phi) is 4.00. The fraction of sp³-hybridized carbons (Fsp3) is 0.267. The number of aromatic amines is 1. The quantitative estimate of drug-likeness (QED) is 0.887. The molecule has 1 atom stereocenters. The Balaban J connectivity index is 2.07. The topological polar surface area (TPSA) is 44.9 Å². The van der Waals surface area contributed by atoms with Crippen LogP contribution in [0.1, 0.15) is 18.1 Å². The van der Waals surface area contributed by atoms with Crippen molar-refractivity contribution in [1.29, 1.82) is 0 Å². The first-order valence-corrected chi connectivity index (χ1v) is 6.25. The minimum Gasteiger partial charge on any atom is -0.382 e. The van der Waals surface area contributed by atoms with E-state index in [1.165, 1.54) is 12.1 Å². The summed E-state index contributed by atoms with van der Waals surface area (Å²) in [5.41, 5.74) is 2.68. The number of H-pyrrole nitrogens is 1. The number of aromatic nitrogens is 1. The van der Waals surface area contributed by atoms with Gasteiger partial charge in [-0.05, 0) is 49.6 Å². The maximum absolute atomic E-state index is 13.2. The van der Waals surface area contributed by atoms with Gasteiger partial charge in [-0.15, -0.1) is 0 Å². The van der Waals surface area contributed by atoms with Gasteiger partial charge in [0.25, 0.3) is 0 Å². The van der Waals surface area contributed by atoms with E-state index < -0.39 is 0 Å². The van der Waals surface area contributed by atoms with Crippen LogP contribution in [-0.4, -0.2) is 11.0 Å². The molecule has 0 saturated carbocycles. The Bertz CT molecular complexity index is 622. The predicted octanol–water partition coefficient (Wildman–Crippen LogP) is 2.87. The lowest BCUT2D eigenvalue weighted by Crippen LogP contribution is -2.20. The average Bonchev–Trinajstić information content (AvgIpc) is 2.34. The molecule has 100 valence electrons. The predicted molar refractivity (Wildman–Crippen MR) is 75.0 cm³/mol. The van der Waals surface area contributed by atoms with E-state index in [0.29, 0.717) is 6.42 Å². The van der Waals surface area contributed by atoms with Crippen molar-refractivity contribution >= 4 is 5.69 Å². The lowest BCUT2D eigenvalue weighted by atomic mass is 10.0. The van der Waals surface area contributed by atoms with Crippen molar-refractivity contribution in [2.45, 2.75) is 26.3 Å². The maximum Gasteiger partial charge on any atom is 0.249 e. The van der Waals surface area contributed by atoms with Gasteiger partial charge in [-0.3, -0.25) is 4.79 Å². The summed E-state index contributed by atoms with van der Waals surface area (Å²) in [4.78, 5) is 13.7. The standard InChI is InChI=1S/C15H17FN2O/c1-10-3-4-13(16)8-12(10)7-11(2)18-14-5-6-17-15(19)9-14/h3-6,8-9,11H,7H2,1-2H3,(H2,17,18,19). The molecule has 0 aliphatic carbocycles. The second-order valence-corrected chi connectivity index (χ2v) is 4.76. The number of aryl methyl sites for hydroxylation is 1. The highest BCUT2D eigenvalue weighted by Gasteiger charge is 2.07. The van der Waals surface area contributed by atoms with Crippen LogP contribution in [-0.2, 0) is 6.42 Å². The number of anilines is 1. The Labute approximate surface area is 111 Å². The summed E-state index contributed by atoms with van der Waals surface area (Å²) in [5.74, 6) is -0.219. The summed E-state index contributed by atoms with van der Waals surface area (Å²) < 4.78 is 13.2. The molecular formula is C15H17FN2O. The fourth-order valence-electron chi connectivity index (χ4n) is 2.06. The number of halogens is 1. The Hall–Kier alpha value is -2.10. The number of pyridine rings is 1. The molecule has 4 heteroatoms. The third-order valence-electron chi connectivity index (χ3n) is 3.03. The Morgan fingerprint density at radius 1 is 1.32 bits per heavy atom. The van der Waals surface area contributed by atoms with Crippen LogP contribution in [0, 0.1) is 12.7 Å². The van der Waals surface area contributed by atoms with Crippen molar-refractivity contribution in [3.63, 3.8) is 0 Å². The van der Waals surface area contributed by atoms with Gasteiger partial charge < -0.3 is 10.3 Å². The monoisotopic (exact) mass is 260 g/mol. The van der Waals surface area contributed by atoms with Gasteiger partial charge in [0.2, 0.25) is 5.56 Å². The summed E-state index contributed by atoms with van der Waals surface area (Å²) in [6.07, 6.45) is 2.31. The number of hydrogen-bond acceptors (Lipinski definition) is 2. The van der Waals surface area contributed by atoms with Crippen LogP contribution in [0.5, 0.6) is 0 Å². The molecule has 2 aromatic rings. The van der Waals surface area contributed by atoms with Gasteiger partial charge in [0.1, 0.15) is 5.82 Å². The van der Waals surface area contributed by atoms with Gasteiger partial charge in [0.15, 0.2) is 0 Å². The summed E-state index contributed by atoms with van der Waals surface area (Å²) in [6.45, 7) is 3.97. The van der Waals surface area contributed by atoms with Crippen molar-refractivity contribution in [1.82, 2.24) is 4.98 Å². The highest BCUT2D eigenvalue weighted by atomic mass is 19.1. The van der Waals surface area contributed by atoms with Crippen LogP contribution in [0.15, 0.2) is 41.3 Å². The molecule has 2 rings (SSSR count). The minimum absolute atomic E-state index is 0.113. The molecule has 1 aromatic carbocycles. The van der Waals surface area contributed by atoms with Crippen LogP contribution in [0.2, 0.25) is 0 Å². The molecule has 0 aliphatic heterocycles. The molecule has 0 bridgehead atoms. The maximum atomic E-state index is 13.2. The Morgan fingerprint density at radius 3 is 2.84 bits per heavy atom. The van der Waals surface area contributed by atoms with Gasteiger partial charge in [0, 0.05) is 24.0 Å². The van der Waals surface area contributed by atoms with Crippen molar-refractivity contribution < 1.29 is 4.39 Å². The minimum atomic E-state index is -0.219. The summed E-state index contributed by atoms with van der Waals surface area (Å²) in [5, 5.41) is 3.24. The SMILES string of the molecule is Cc1ccc(F)cc1CC(C)Nc1cc[nH]c(=O)c1. The third kappa shape index (κ3) is 3.68. The van der Waals surface area contributed by atoms with Crippen LogP contribution in [0.3, 0.4) is 0 Å². The van der Waals surface area contributed by atoms with E-state index in [1.54, 1.807) is 24.4 Å². The van der Waals surface area contributed by atoms with Gasteiger partial charge in [-0.1, -0.05) is 6.07 Å². The van der Waals surface area contributed by atoms with E-state index in [4.69, 9.17) is 0 Å². The van der Waals surface area contributed by atoms with E-state index in [0.717, 1.165) is 16.8 Å². The van der Waals surface area contributed by atoms with Gasteiger partial charge in [-0.2, -0.15) is 0 Å². The highest BCUT2D eigenvalue weighted by Crippen LogP contribution is 2.14. The number of nitrogens with one attached hydrogen (secondary N) is 2. The molecule has 1 unspecified atom stereocenters. The van der Waals surface area contributed by atoms with Crippen molar-refractivity contribution in [2.75, 3.05) is 5.32 Å². The summed E-state index contributed by atoms with van der Waals surface area (Å²) in [7, 11) is 0. The fourth-order valence-corrected chi connectivity index (χ4v) is 2.06. The second kappa shape index (κ2) is 5.69.